The van der Waals surface area contributed by atoms with E-state index >= 15 is 0 Å². The number of β-amino-alcohol motifs (C(OH)–C–C–N with tert-alkyl or cyclic N) is 1. The van der Waals surface area contributed by atoms with Crippen molar-refractivity contribution in [3.63, 3.8) is 0 Å². The summed E-state index contributed by atoms with van der Waals surface area (Å²) in [6, 6.07) is 8.06. The Labute approximate surface area is 124 Å². The number of carbonyl (C=O) groups excluding carboxylic acids is 1. The molecule has 0 saturated carbocycles. The summed E-state index contributed by atoms with van der Waals surface area (Å²) in [5.74, 6) is -0.844. The molecule has 0 bridgehead atoms. The molecular weight excluding hydrogens is 294 g/mol. The highest BCUT2D eigenvalue weighted by Crippen LogP contribution is 2.26. The highest BCUT2D eigenvalue weighted by molar-refractivity contribution is 7.89. The molecule has 1 N–H and O–H groups in total. The van der Waals surface area contributed by atoms with Gasteiger partial charge in [-0.15, -0.1) is 0 Å². The molecule has 1 saturated heterocycles. The van der Waals surface area contributed by atoms with Gasteiger partial charge in [-0.2, -0.15) is 4.31 Å². The van der Waals surface area contributed by atoms with E-state index in [0.717, 1.165) is 0 Å². The molecule has 21 heavy (non-hydrogen) atoms. The van der Waals surface area contributed by atoms with Crippen molar-refractivity contribution in [2.24, 2.45) is 5.92 Å². The standard InChI is InChI=1S/C14H19NO5S/c1-2-20-14(17)8-11-9-15(10-13(11)16)21(18,19)12-6-4-3-5-7-12/h3-7,11,13,16H,2,8-10H2,1H3/t11-,13-/m0/s1. The molecule has 2 rings (SSSR count). The summed E-state index contributed by atoms with van der Waals surface area (Å²) >= 11 is 0. The van der Waals surface area contributed by atoms with Crippen LogP contribution in [0.3, 0.4) is 0 Å². The smallest absolute Gasteiger partial charge is 0.306 e. The zero-order valence-electron chi connectivity index (χ0n) is 11.8. The van der Waals surface area contributed by atoms with Crippen LogP contribution in [-0.2, 0) is 19.6 Å². The first-order valence-corrected chi connectivity index (χ1v) is 8.28. The number of esters is 1. The molecule has 0 radical (unpaired) electrons. The average molecular weight is 313 g/mol. The zero-order valence-corrected chi connectivity index (χ0v) is 12.6. The van der Waals surface area contributed by atoms with Gasteiger partial charge in [-0.3, -0.25) is 4.79 Å². The first-order valence-electron chi connectivity index (χ1n) is 6.84. The number of hydrogen-bond acceptors (Lipinski definition) is 5. The molecule has 1 aromatic rings. The maximum atomic E-state index is 12.4. The van der Waals surface area contributed by atoms with Crippen molar-refractivity contribution in [2.75, 3.05) is 19.7 Å². The lowest BCUT2D eigenvalue weighted by Crippen LogP contribution is -2.29. The lowest BCUT2D eigenvalue weighted by molar-refractivity contribution is -0.144. The quantitative estimate of drug-likeness (QED) is 0.806. The van der Waals surface area contributed by atoms with E-state index in [1.54, 1.807) is 25.1 Å². The number of ether oxygens (including phenoxy) is 1. The molecule has 1 aliphatic heterocycles. The number of rotatable bonds is 5. The monoisotopic (exact) mass is 313 g/mol. The molecule has 2 atom stereocenters. The summed E-state index contributed by atoms with van der Waals surface area (Å²) in [5, 5.41) is 9.97. The second-order valence-electron chi connectivity index (χ2n) is 4.97. The van der Waals surface area contributed by atoms with Gasteiger partial charge < -0.3 is 9.84 Å². The van der Waals surface area contributed by atoms with Crippen LogP contribution in [0.25, 0.3) is 0 Å². The van der Waals surface area contributed by atoms with Gasteiger partial charge in [-0.25, -0.2) is 8.42 Å². The zero-order chi connectivity index (χ0) is 15.5. The van der Waals surface area contributed by atoms with Crippen LogP contribution in [0.15, 0.2) is 35.2 Å². The first kappa shape index (κ1) is 15.9. The first-order chi connectivity index (χ1) is 9.95. The highest BCUT2D eigenvalue weighted by Gasteiger charge is 2.39. The van der Waals surface area contributed by atoms with Crippen LogP contribution in [0.1, 0.15) is 13.3 Å². The normalized spacial score (nSPS) is 23.1. The third-order valence-electron chi connectivity index (χ3n) is 3.49. The van der Waals surface area contributed by atoms with Gasteiger partial charge in [0.1, 0.15) is 0 Å². The van der Waals surface area contributed by atoms with Crippen molar-refractivity contribution in [1.82, 2.24) is 4.31 Å². The highest BCUT2D eigenvalue weighted by atomic mass is 32.2. The number of carbonyl (C=O) groups is 1. The van der Waals surface area contributed by atoms with Gasteiger partial charge >= 0.3 is 5.97 Å². The molecule has 7 heteroatoms. The predicted molar refractivity (Wildman–Crippen MR) is 75.9 cm³/mol. The van der Waals surface area contributed by atoms with Crippen LogP contribution in [0.4, 0.5) is 0 Å². The van der Waals surface area contributed by atoms with E-state index in [-0.39, 0.29) is 31.0 Å². The molecule has 0 spiro atoms. The summed E-state index contributed by atoms with van der Waals surface area (Å²) in [5.41, 5.74) is 0. The van der Waals surface area contributed by atoms with Crippen molar-refractivity contribution in [3.05, 3.63) is 30.3 Å². The van der Waals surface area contributed by atoms with Crippen LogP contribution in [0.2, 0.25) is 0 Å². The molecule has 1 aromatic carbocycles. The van der Waals surface area contributed by atoms with Crippen LogP contribution >= 0.6 is 0 Å². The Hall–Kier alpha value is -1.44. The summed E-state index contributed by atoms with van der Waals surface area (Å²) in [6.45, 7) is 2.10. The Balaban J connectivity index is 2.08. The van der Waals surface area contributed by atoms with Crippen molar-refractivity contribution < 1.29 is 23.1 Å². The minimum Gasteiger partial charge on any atom is -0.466 e. The fraction of sp³-hybridized carbons (Fsp3) is 0.500. The number of hydrogen-bond donors (Lipinski definition) is 1. The number of aliphatic hydroxyl groups excluding tert-OH is 1. The Bertz CT molecular complexity index is 587. The van der Waals surface area contributed by atoms with E-state index in [2.05, 4.69) is 0 Å². The molecule has 0 aromatic heterocycles. The van der Waals surface area contributed by atoms with Crippen molar-refractivity contribution in [2.45, 2.75) is 24.3 Å². The van der Waals surface area contributed by atoms with Crippen molar-refractivity contribution >= 4 is 16.0 Å². The van der Waals surface area contributed by atoms with Gasteiger partial charge in [0.25, 0.3) is 0 Å². The molecule has 0 aliphatic carbocycles. The van der Waals surface area contributed by atoms with E-state index in [1.807, 2.05) is 0 Å². The molecule has 1 aliphatic rings. The lowest BCUT2D eigenvalue weighted by atomic mass is 10.0. The second kappa shape index (κ2) is 6.55. The summed E-state index contributed by atoms with van der Waals surface area (Å²) in [6.07, 6.45) is -0.830. The molecule has 0 amide bonds. The van der Waals surface area contributed by atoms with Crippen LogP contribution in [0.5, 0.6) is 0 Å². The van der Waals surface area contributed by atoms with E-state index in [0.29, 0.717) is 0 Å². The predicted octanol–water partition coefficient (Wildman–Crippen LogP) is 0.621. The fourth-order valence-corrected chi connectivity index (χ4v) is 3.92. The Morgan fingerprint density at radius 1 is 1.33 bits per heavy atom. The average Bonchev–Trinajstić information content (AvgIpc) is 2.82. The van der Waals surface area contributed by atoms with Gasteiger partial charge in [-0.1, -0.05) is 18.2 Å². The van der Waals surface area contributed by atoms with Gasteiger partial charge in [0.05, 0.1) is 24.0 Å². The topological polar surface area (TPSA) is 83.9 Å². The third kappa shape index (κ3) is 3.61. The van der Waals surface area contributed by atoms with Crippen LogP contribution in [0, 0.1) is 5.92 Å². The number of sulfonamides is 1. The summed E-state index contributed by atoms with van der Waals surface area (Å²) < 4.78 is 30.9. The maximum Gasteiger partial charge on any atom is 0.306 e. The van der Waals surface area contributed by atoms with E-state index in [9.17, 15) is 18.3 Å². The van der Waals surface area contributed by atoms with Gasteiger partial charge in [-0.05, 0) is 19.1 Å². The van der Waals surface area contributed by atoms with E-state index in [4.69, 9.17) is 4.74 Å². The Morgan fingerprint density at radius 2 is 2.00 bits per heavy atom. The van der Waals surface area contributed by atoms with Crippen LogP contribution < -0.4 is 0 Å². The number of aliphatic hydroxyl groups is 1. The van der Waals surface area contributed by atoms with Gasteiger partial charge in [0.2, 0.25) is 10.0 Å². The Morgan fingerprint density at radius 3 is 2.62 bits per heavy atom. The minimum absolute atomic E-state index is 0.00129. The molecule has 116 valence electrons. The van der Waals surface area contributed by atoms with Gasteiger partial charge in [0, 0.05) is 19.0 Å². The second-order valence-corrected chi connectivity index (χ2v) is 6.91. The Kier molecular flexibility index (Phi) is 4.97. The maximum absolute atomic E-state index is 12.4. The van der Waals surface area contributed by atoms with E-state index in [1.165, 1.54) is 16.4 Å². The van der Waals surface area contributed by atoms with E-state index < -0.39 is 28.0 Å². The molecule has 0 unspecified atom stereocenters. The van der Waals surface area contributed by atoms with Gasteiger partial charge in [0.15, 0.2) is 0 Å². The lowest BCUT2D eigenvalue weighted by Gasteiger charge is -2.16. The van der Waals surface area contributed by atoms with Crippen molar-refractivity contribution in [3.8, 4) is 0 Å². The molecule has 1 heterocycles. The number of benzene rings is 1. The largest absolute Gasteiger partial charge is 0.466 e. The molecule has 6 nitrogen and oxygen atoms in total. The third-order valence-corrected chi connectivity index (χ3v) is 5.33. The molecular formula is C14H19NO5S. The minimum atomic E-state index is -3.63. The number of nitrogens with zero attached hydrogens (tertiary/aromatic N) is 1. The van der Waals surface area contributed by atoms with Crippen molar-refractivity contribution in [1.29, 1.82) is 0 Å². The van der Waals surface area contributed by atoms with Crippen LogP contribution in [-0.4, -0.2) is 49.6 Å². The summed E-state index contributed by atoms with van der Waals surface area (Å²) in [4.78, 5) is 11.7. The SMILES string of the molecule is CCOC(=O)C[C@H]1CN(S(=O)(=O)c2ccccc2)C[C@@H]1O. The fourth-order valence-electron chi connectivity index (χ4n) is 2.39. The summed E-state index contributed by atoms with van der Waals surface area (Å²) in [7, 11) is -3.63. The molecule has 1 fully saturated rings.